The summed E-state index contributed by atoms with van der Waals surface area (Å²) in [5, 5.41) is 18.8. The van der Waals surface area contributed by atoms with Gasteiger partial charge in [0.1, 0.15) is 23.1 Å². The molecule has 3 N–H and O–H groups in total. The smallest absolute Gasteiger partial charge is 0.237 e. The highest BCUT2D eigenvalue weighted by Gasteiger charge is 2.18. The molecule has 2 aromatic rings. The molecule has 1 aromatic carbocycles. The number of nitriles is 1. The number of phenols is 1. The number of rotatable bonds is 2. The van der Waals surface area contributed by atoms with E-state index in [0.717, 1.165) is 30.5 Å². The summed E-state index contributed by atoms with van der Waals surface area (Å²) in [7, 11) is 0. The maximum atomic E-state index is 9.57. The van der Waals surface area contributed by atoms with Crippen LogP contribution in [0.15, 0.2) is 24.3 Å². The lowest BCUT2D eigenvalue weighted by Crippen LogP contribution is -1.99. The Morgan fingerprint density at radius 1 is 1.35 bits per heavy atom. The van der Waals surface area contributed by atoms with E-state index in [0.29, 0.717) is 11.3 Å². The zero-order chi connectivity index (χ0) is 14.1. The van der Waals surface area contributed by atoms with Gasteiger partial charge in [-0.05, 0) is 43.0 Å². The van der Waals surface area contributed by atoms with Crippen LogP contribution in [0.4, 0.5) is 5.69 Å². The van der Waals surface area contributed by atoms with Gasteiger partial charge in [-0.25, -0.2) is 4.98 Å². The lowest BCUT2D eigenvalue weighted by Gasteiger charge is -2.11. The van der Waals surface area contributed by atoms with Crippen molar-refractivity contribution in [3.05, 3.63) is 41.1 Å². The standard InChI is InChI=1S/C15H13N3O2/c16-8-10-7-9-3-1-4-11(9)18-15(10)20-13-6-2-5-12(19)14(13)17/h2,5-7,19H,1,3-4,17H2. The SMILES string of the molecule is N#Cc1cc2c(nc1Oc1cccc(O)c1N)CCC2. The summed E-state index contributed by atoms with van der Waals surface area (Å²) in [6.45, 7) is 0. The molecule has 0 bridgehead atoms. The van der Waals surface area contributed by atoms with Gasteiger partial charge in [-0.1, -0.05) is 6.07 Å². The van der Waals surface area contributed by atoms with Crippen LogP contribution in [-0.2, 0) is 12.8 Å². The average Bonchev–Trinajstić information content (AvgIpc) is 2.90. The van der Waals surface area contributed by atoms with Crippen molar-refractivity contribution in [1.29, 1.82) is 5.26 Å². The van der Waals surface area contributed by atoms with Crippen LogP contribution in [0.3, 0.4) is 0 Å². The second-order valence-corrected chi connectivity index (χ2v) is 4.70. The maximum absolute atomic E-state index is 9.57. The predicted molar refractivity (Wildman–Crippen MR) is 73.6 cm³/mol. The minimum atomic E-state index is -0.0535. The summed E-state index contributed by atoms with van der Waals surface area (Å²) in [6.07, 6.45) is 2.89. The van der Waals surface area contributed by atoms with Crippen LogP contribution in [0, 0.1) is 11.3 Å². The zero-order valence-corrected chi connectivity index (χ0v) is 10.8. The summed E-state index contributed by atoms with van der Waals surface area (Å²) < 4.78 is 5.62. The van der Waals surface area contributed by atoms with Crippen molar-refractivity contribution in [2.75, 3.05) is 5.73 Å². The number of phenolic OH excluding ortho intramolecular Hbond substituents is 1. The quantitative estimate of drug-likeness (QED) is 0.644. The highest BCUT2D eigenvalue weighted by molar-refractivity contribution is 5.63. The number of hydrogen-bond donors (Lipinski definition) is 2. The molecule has 1 aliphatic carbocycles. The molecule has 0 atom stereocenters. The van der Waals surface area contributed by atoms with E-state index in [-0.39, 0.29) is 17.3 Å². The molecule has 0 saturated heterocycles. The van der Waals surface area contributed by atoms with Crippen LogP contribution in [0.5, 0.6) is 17.4 Å². The molecule has 0 amide bonds. The largest absolute Gasteiger partial charge is 0.506 e. The van der Waals surface area contributed by atoms with Crippen LogP contribution >= 0.6 is 0 Å². The Balaban J connectivity index is 2.03. The molecular formula is C15H13N3O2. The topological polar surface area (TPSA) is 92.2 Å². The van der Waals surface area contributed by atoms with Gasteiger partial charge in [-0.2, -0.15) is 5.26 Å². The summed E-state index contributed by atoms with van der Waals surface area (Å²) in [5.41, 5.74) is 8.35. The van der Waals surface area contributed by atoms with Gasteiger partial charge >= 0.3 is 0 Å². The van der Waals surface area contributed by atoms with Crippen molar-refractivity contribution >= 4 is 5.69 Å². The van der Waals surface area contributed by atoms with Gasteiger partial charge in [0, 0.05) is 5.69 Å². The number of nitrogens with two attached hydrogens (primary N) is 1. The molecular weight excluding hydrogens is 254 g/mol. The Bertz CT molecular complexity index is 720. The van der Waals surface area contributed by atoms with Crippen molar-refractivity contribution < 1.29 is 9.84 Å². The Kier molecular flexibility index (Phi) is 2.92. The number of ether oxygens (including phenoxy) is 1. The molecule has 0 unspecified atom stereocenters. The maximum Gasteiger partial charge on any atom is 0.237 e. The van der Waals surface area contributed by atoms with E-state index in [2.05, 4.69) is 11.1 Å². The van der Waals surface area contributed by atoms with Crippen LogP contribution in [0.2, 0.25) is 0 Å². The molecule has 1 aliphatic rings. The van der Waals surface area contributed by atoms with Gasteiger partial charge < -0.3 is 15.6 Å². The molecule has 20 heavy (non-hydrogen) atoms. The summed E-state index contributed by atoms with van der Waals surface area (Å²) in [6, 6.07) is 8.64. The van der Waals surface area contributed by atoms with Crippen LogP contribution in [0.1, 0.15) is 23.2 Å². The number of aromatic nitrogens is 1. The molecule has 0 radical (unpaired) electrons. The van der Waals surface area contributed by atoms with Crippen LogP contribution < -0.4 is 10.5 Å². The van der Waals surface area contributed by atoms with Crippen molar-refractivity contribution in [3.63, 3.8) is 0 Å². The summed E-state index contributed by atoms with van der Waals surface area (Å²) in [5.74, 6) is 0.486. The van der Waals surface area contributed by atoms with Gasteiger partial charge in [0.15, 0.2) is 5.75 Å². The first-order chi connectivity index (χ1) is 9.69. The van der Waals surface area contributed by atoms with E-state index in [9.17, 15) is 10.4 Å². The van der Waals surface area contributed by atoms with Crippen LogP contribution in [-0.4, -0.2) is 10.1 Å². The molecule has 5 heteroatoms. The van der Waals surface area contributed by atoms with Gasteiger partial charge in [-0.3, -0.25) is 0 Å². The average molecular weight is 267 g/mol. The number of para-hydroxylation sites is 1. The van der Waals surface area contributed by atoms with E-state index < -0.39 is 0 Å². The first-order valence-electron chi connectivity index (χ1n) is 6.37. The third-order valence-electron chi connectivity index (χ3n) is 3.39. The van der Waals surface area contributed by atoms with E-state index in [1.807, 2.05) is 6.07 Å². The fourth-order valence-electron chi connectivity index (χ4n) is 2.34. The summed E-state index contributed by atoms with van der Waals surface area (Å²) >= 11 is 0. The van der Waals surface area contributed by atoms with Crippen molar-refractivity contribution in [2.24, 2.45) is 0 Å². The first kappa shape index (κ1) is 12.3. The van der Waals surface area contributed by atoms with E-state index in [1.165, 1.54) is 6.07 Å². The number of pyridine rings is 1. The van der Waals surface area contributed by atoms with Gasteiger partial charge in [0.25, 0.3) is 0 Å². The van der Waals surface area contributed by atoms with Gasteiger partial charge in [0.05, 0.1) is 0 Å². The molecule has 0 saturated carbocycles. The van der Waals surface area contributed by atoms with Gasteiger partial charge in [-0.15, -0.1) is 0 Å². The monoisotopic (exact) mass is 267 g/mol. The van der Waals surface area contributed by atoms with Crippen molar-refractivity contribution in [3.8, 4) is 23.4 Å². The zero-order valence-electron chi connectivity index (χ0n) is 10.8. The van der Waals surface area contributed by atoms with E-state index in [4.69, 9.17) is 10.5 Å². The van der Waals surface area contributed by atoms with Crippen LogP contribution in [0.25, 0.3) is 0 Å². The van der Waals surface area contributed by atoms with E-state index >= 15 is 0 Å². The van der Waals surface area contributed by atoms with Crippen molar-refractivity contribution in [2.45, 2.75) is 19.3 Å². The first-order valence-corrected chi connectivity index (χ1v) is 6.37. The summed E-state index contributed by atoms with van der Waals surface area (Å²) in [4.78, 5) is 4.41. The normalized spacial score (nSPS) is 12.8. The molecule has 0 spiro atoms. The number of nitrogen functional groups attached to an aromatic ring is 1. The lowest BCUT2D eigenvalue weighted by molar-refractivity contribution is 0.447. The Labute approximate surface area is 116 Å². The van der Waals surface area contributed by atoms with Gasteiger partial charge in [0.2, 0.25) is 5.88 Å². The third-order valence-corrected chi connectivity index (χ3v) is 3.39. The minimum Gasteiger partial charge on any atom is -0.506 e. The molecule has 3 rings (SSSR count). The molecule has 1 aromatic heterocycles. The minimum absolute atomic E-state index is 0.0535. The number of hydrogen-bond acceptors (Lipinski definition) is 5. The molecule has 0 aliphatic heterocycles. The second-order valence-electron chi connectivity index (χ2n) is 4.70. The third kappa shape index (κ3) is 2.01. The highest BCUT2D eigenvalue weighted by Crippen LogP contribution is 2.35. The number of benzene rings is 1. The van der Waals surface area contributed by atoms with Crippen molar-refractivity contribution in [1.82, 2.24) is 4.98 Å². The number of aryl methyl sites for hydroxylation is 2. The number of nitrogens with zero attached hydrogens (tertiary/aromatic N) is 2. The molecule has 1 heterocycles. The molecule has 0 fully saturated rings. The number of anilines is 1. The molecule has 100 valence electrons. The lowest BCUT2D eigenvalue weighted by atomic mass is 10.1. The number of fused-ring (bicyclic) bond motifs is 1. The number of aromatic hydroxyl groups is 1. The Morgan fingerprint density at radius 2 is 2.20 bits per heavy atom. The molecule has 5 nitrogen and oxygen atoms in total. The fourth-order valence-corrected chi connectivity index (χ4v) is 2.34. The second kappa shape index (κ2) is 4.74. The Morgan fingerprint density at radius 3 is 3.00 bits per heavy atom. The van der Waals surface area contributed by atoms with E-state index in [1.54, 1.807) is 12.1 Å². The highest BCUT2D eigenvalue weighted by atomic mass is 16.5. The predicted octanol–water partition coefficient (Wildman–Crippen LogP) is 2.52. The Hall–Kier alpha value is -2.74. The fraction of sp³-hybridized carbons (Fsp3) is 0.200.